The van der Waals surface area contributed by atoms with Gasteiger partial charge < -0.3 is 14.6 Å². The molecule has 1 atom stereocenters. The minimum Gasteiger partial charge on any atom is -0.393 e. The topological polar surface area (TPSA) is 45.5 Å². The minimum atomic E-state index is -0.283. The van der Waals surface area contributed by atoms with Gasteiger partial charge in [-0.3, -0.25) is 4.79 Å². The fourth-order valence-electron chi connectivity index (χ4n) is 3.07. The molecule has 0 spiro atoms. The second-order valence-corrected chi connectivity index (χ2v) is 6.01. The lowest BCUT2D eigenvalue weighted by atomic mass is 9.92. The molecule has 4 nitrogen and oxygen atoms in total. The van der Waals surface area contributed by atoms with Crippen LogP contribution >= 0.6 is 0 Å². The Hall–Kier alpha value is -2.07. The molecule has 2 aromatic rings. The summed E-state index contributed by atoms with van der Waals surface area (Å²) in [6.07, 6.45) is 5.41. The summed E-state index contributed by atoms with van der Waals surface area (Å²) in [5.41, 5.74) is 1.72. The van der Waals surface area contributed by atoms with E-state index >= 15 is 0 Å². The van der Waals surface area contributed by atoms with E-state index in [1.165, 1.54) is 0 Å². The highest BCUT2D eigenvalue weighted by Gasteiger charge is 2.26. The molecule has 1 aliphatic heterocycles. The lowest BCUT2D eigenvalue weighted by Gasteiger charge is -2.33. The third-order valence-electron chi connectivity index (χ3n) is 4.50. The number of piperidine rings is 1. The van der Waals surface area contributed by atoms with Crippen LogP contribution in [0.3, 0.4) is 0 Å². The van der Waals surface area contributed by atoms with E-state index in [-0.39, 0.29) is 12.0 Å². The first kappa shape index (κ1) is 14.9. The second kappa shape index (κ2) is 6.36. The van der Waals surface area contributed by atoms with Crippen molar-refractivity contribution in [3.05, 3.63) is 54.4 Å². The van der Waals surface area contributed by atoms with Crippen molar-refractivity contribution in [2.24, 2.45) is 5.92 Å². The molecule has 1 aromatic carbocycles. The van der Waals surface area contributed by atoms with Gasteiger partial charge in [-0.25, -0.2) is 0 Å². The Kier molecular flexibility index (Phi) is 4.29. The van der Waals surface area contributed by atoms with E-state index in [1.54, 1.807) is 0 Å². The van der Waals surface area contributed by atoms with Crippen LogP contribution < -0.4 is 0 Å². The SMILES string of the molecule is CC(O)C1CCN(C(=O)c2cccc(-n3cccc3)c2)CC1. The summed E-state index contributed by atoms with van der Waals surface area (Å²) in [5.74, 6) is 0.397. The zero-order valence-corrected chi connectivity index (χ0v) is 12.9. The van der Waals surface area contributed by atoms with Gasteiger partial charge in [0.1, 0.15) is 0 Å². The van der Waals surface area contributed by atoms with E-state index in [1.807, 2.05) is 65.2 Å². The molecule has 1 aromatic heterocycles. The van der Waals surface area contributed by atoms with Crippen LogP contribution in [0.1, 0.15) is 30.1 Å². The molecule has 1 unspecified atom stereocenters. The van der Waals surface area contributed by atoms with Crippen LogP contribution in [-0.4, -0.2) is 39.7 Å². The predicted octanol–water partition coefficient (Wildman–Crippen LogP) is 2.71. The number of hydrogen-bond donors (Lipinski definition) is 1. The lowest BCUT2D eigenvalue weighted by Crippen LogP contribution is -2.40. The fourth-order valence-corrected chi connectivity index (χ4v) is 3.07. The van der Waals surface area contributed by atoms with Gasteiger partial charge in [-0.15, -0.1) is 0 Å². The molecule has 1 aliphatic rings. The van der Waals surface area contributed by atoms with Gasteiger partial charge in [0.05, 0.1) is 6.10 Å². The van der Waals surface area contributed by atoms with Crippen LogP contribution in [0.2, 0.25) is 0 Å². The smallest absolute Gasteiger partial charge is 0.253 e. The number of carbonyl (C=O) groups is 1. The maximum Gasteiger partial charge on any atom is 0.253 e. The Morgan fingerprint density at radius 3 is 2.50 bits per heavy atom. The zero-order chi connectivity index (χ0) is 15.5. The van der Waals surface area contributed by atoms with E-state index in [2.05, 4.69) is 0 Å². The highest BCUT2D eigenvalue weighted by atomic mass is 16.3. The number of carbonyl (C=O) groups excluding carboxylic acids is 1. The quantitative estimate of drug-likeness (QED) is 0.947. The molecule has 1 saturated heterocycles. The lowest BCUT2D eigenvalue weighted by molar-refractivity contribution is 0.0521. The molecule has 0 bridgehead atoms. The van der Waals surface area contributed by atoms with Gasteiger partial charge in [-0.05, 0) is 56.0 Å². The van der Waals surface area contributed by atoms with Gasteiger partial charge in [0.25, 0.3) is 5.91 Å². The van der Waals surface area contributed by atoms with Gasteiger partial charge >= 0.3 is 0 Å². The Labute approximate surface area is 131 Å². The van der Waals surface area contributed by atoms with E-state index < -0.39 is 0 Å². The van der Waals surface area contributed by atoms with E-state index in [0.717, 1.165) is 37.2 Å². The monoisotopic (exact) mass is 298 g/mol. The second-order valence-electron chi connectivity index (χ2n) is 6.01. The molecule has 0 aliphatic carbocycles. The molecule has 2 heterocycles. The highest BCUT2D eigenvalue weighted by Crippen LogP contribution is 2.22. The molecule has 1 N–H and O–H groups in total. The van der Waals surface area contributed by atoms with Gasteiger partial charge in [-0.2, -0.15) is 0 Å². The maximum atomic E-state index is 12.7. The standard InChI is InChI=1S/C18H22N2O2/c1-14(21)15-7-11-20(12-8-15)18(22)16-5-4-6-17(13-16)19-9-2-3-10-19/h2-6,9-10,13-15,21H,7-8,11-12H2,1H3. The van der Waals surface area contributed by atoms with E-state index in [4.69, 9.17) is 0 Å². The number of benzene rings is 1. The number of aromatic nitrogens is 1. The summed E-state index contributed by atoms with van der Waals surface area (Å²) >= 11 is 0. The fraction of sp³-hybridized carbons (Fsp3) is 0.389. The molecular weight excluding hydrogens is 276 g/mol. The average Bonchev–Trinajstić information content (AvgIpc) is 3.09. The Morgan fingerprint density at radius 2 is 1.86 bits per heavy atom. The summed E-state index contributed by atoms with van der Waals surface area (Å²) in [6.45, 7) is 3.28. The Morgan fingerprint density at radius 1 is 1.18 bits per heavy atom. The van der Waals surface area contributed by atoms with Gasteiger partial charge in [0.15, 0.2) is 0 Å². The minimum absolute atomic E-state index is 0.0815. The summed E-state index contributed by atoms with van der Waals surface area (Å²) < 4.78 is 2.00. The first-order valence-electron chi connectivity index (χ1n) is 7.86. The van der Waals surface area contributed by atoms with E-state index in [0.29, 0.717) is 5.92 Å². The summed E-state index contributed by atoms with van der Waals surface area (Å²) in [7, 11) is 0. The van der Waals surface area contributed by atoms with Crippen LogP contribution in [-0.2, 0) is 0 Å². The van der Waals surface area contributed by atoms with Crippen molar-refractivity contribution in [3.8, 4) is 5.69 Å². The molecule has 116 valence electrons. The van der Waals surface area contributed by atoms with E-state index in [9.17, 15) is 9.90 Å². The third kappa shape index (κ3) is 3.07. The predicted molar refractivity (Wildman–Crippen MR) is 86.1 cm³/mol. The molecule has 1 fully saturated rings. The average molecular weight is 298 g/mol. The maximum absolute atomic E-state index is 12.7. The molecule has 1 amide bonds. The zero-order valence-electron chi connectivity index (χ0n) is 12.9. The molecular formula is C18H22N2O2. The van der Waals surface area contributed by atoms with Crippen molar-refractivity contribution < 1.29 is 9.90 Å². The summed E-state index contributed by atoms with van der Waals surface area (Å²) in [4.78, 5) is 14.5. The number of rotatable bonds is 3. The van der Waals surface area contributed by atoms with Crippen molar-refractivity contribution in [1.29, 1.82) is 0 Å². The summed E-state index contributed by atoms with van der Waals surface area (Å²) in [5, 5.41) is 9.65. The van der Waals surface area contributed by atoms with Gasteiger partial charge in [0.2, 0.25) is 0 Å². The number of nitrogens with zero attached hydrogens (tertiary/aromatic N) is 2. The molecule has 0 saturated carbocycles. The third-order valence-corrected chi connectivity index (χ3v) is 4.50. The number of aliphatic hydroxyl groups excluding tert-OH is 1. The van der Waals surface area contributed by atoms with Crippen molar-refractivity contribution in [1.82, 2.24) is 9.47 Å². The van der Waals surface area contributed by atoms with Gasteiger partial charge in [0, 0.05) is 36.7 Å². The van der Waals surface area contributed by atoms with Crippen LogP contribution in [0.15, 0.2) is 48.8 Å². The Bertz CT molecular complexity index is 626. The number of amides is 1. The van der Waals surface area contributed by atoms with Crippen molar-refractivity contribution in [3.63, 3.8) is 0 Å². The summed E-state index contributed by atoms with van der Waals surface area (Å²) in [6, 6.07) is 11.7. The Balaban J connectivity index is 1.72. The normalized spacial score (nSPS) is 17.5. The molecule has 0 radical (unpaired) electrons. The van der Waals surface area contributed by atoms with Gasteiger partial charge in [-0.1, -0.05) is 6.07 Å². The molecule has 22 heavy (non-hydrogen) atoms. The number of likely N-dealkylation sites (tertiary alicyclic amines) is 1. The first-order valence-corrected chi connectivity index (χ1v) is 7.86. The van der Waals surface area contributed by atoms with Crippen LogP contribution in [0, 0.1) is 5.92 Å². The van der Waals surface area contributed by atoms with Crippen LogP contribution in [0.4, 0.5) is 0 Å². The highest BCUT2D eigenvalue weighted by molar-refractivity contribution is 5.94. The van der Waals surface area contributed by atoms with Crippen LogP contribution in [0.5, 0.6) is 0 Å². The largest absolute Gasteiger partial charge is 0.393 e. The van der Waals surface area contributed by atoms with Crippen LogP contribution in [0.25, 0.3) is 5.69 Å². The van der Waals surface area contributed by atoms with Crippen molar-refractivity contribution >= 4 is 5.91 Å². The first-order chi connectivity index (χ1) is 10.6. The number of hydrogen-bond acceptors (Lipinski definition) is 2. The molecule has 3 rings (SSSR count). The molecule has 4 heteroatoms. The van der Waals surface area contributed by atoms with Crippen molar-refractivity contribution in [2.45, 2.75) is 25.9 Å². The van der Waals surface area contributed by atoms with Crippen molar-refractivity contribution in [2.75, 3.05) is 13.1 Å². The number of aliphatic hydroxyl groups is 1.